The van der Waals surface area contributed by atoms with Gasteiger partial charge in [-0.1, -0.05) is 67.5 Å². The van der Waals surface area contributed by atoms with E-state index in [1.165, 1.54) is 48.9 Å². The van der Waals surface area contributed by atoms with Crippen molar-refractivity contribution in [3.05, 3.63) is 58.7 Å². The molecule has 0 radical (unpaired) electrons. The minimum absolute atomic E-state index is 0.110. The number of anilines is 1. The summed E-state index contributed by atoms with van der Waals surface area (Å²) in [5.74, 6) is 0.706. The highest BCUT2D eigenvalue weighted by Crippen LogP contribution is 2.60. The molecule has 1 N–H and O–H groups in total. The van der Waals surface area contributed by atoms with E-state index in [1.54, 1.807) is 12.1 Å². The van der Waals surface area contributed by atoms with Gasteiger partial charge in [-0.25, -0.2) is 4.79 Å². The van der Waals surface area contributed by atoms with Crippen molar-refractivity contribution in [2.75, 3.05) is 11.9 Å². The lowest BCUT2D eigenvalue weighted by atomic mass is 9.48. The Morgan fingerprint density at radius 3 is 1.90 bits per heavy atom. The van der Waals surface area contributed by atoms with Crippen LogP contribution in [0.3, 0.4) is 0 Å². The third-order valence-corrected chi connectivity index (χ3v) is 12.2. The predicted octanol–water partition coefficient (Wildman–Crippen LogP) is 9.16. The first kappa shape index (κ1) is 28.5. The Labute approximate surface area is 247 Å². The largest absolute Gasteiger partial charge is 0.478 e. The van der Waals surface area contributed by atoms with Crippen molar-refractivity contribution in [3.8, 4) is 0 Å². The predicted molar refractivity (Wildman–Crippen MR) is 170 cm³/mol. The molecule has 2 fully saturated rings. The van der Waals surface area contributed by atoms with Crippen LogP contribution in [0.5, 0.6) is 0 Å². The lowest BCUT2D eigenvalue weighted by Crippen LogP contribution is -2.55. The Hall–Kier alpha value is -2.62. The summed E-state index contributed by atoms with van der Waals surface area (Å²) in [6.45, 7) is 19.6. The summed E-state index contributed by atoms with van der Waals surface area (Å²) < 4.78 is 0. The Morgan fingerprint density at radius 2 is 1.34 bits per heavy atom. The maximum atomic E-state index is 11.7. The molecule has 0 saturated heterocycles. The number of aromatic carboxylic acids is 1. The molecule has 4 heteroatoms. The fourth-order valence-electron chi connectivity index (χ4n) is 9.06. The van der Waals surface area contributed by atoms with Crippen molar-refractivity contribution in [3.63, 3.8) is 0 Å². The number of hydrogen-bond acceptors (Lipinski definition) is 3. The fraction of sp³-hybridized carbons (Fsp3) is 0.622. The lowest BCUT2D eigenvalue weighted by molar-refractivity contribution is -0.0567. The number of aliphatic imine (C=N–C) groups is 1. The number of nitrogens with zero attached hydrogens (tertiary/aromatic N) is 2. The van der Waals surface area contributed by atoms with Gasteiger partial charge in [0.15, 0.2) is 0 Å². The zero-order valence-electron chi connectivity index (χ0n) is 26.8. The highest BCUT2D eigenvalue weighted by atomic mass is 16.4. The van der Waals surface area contributed by atoms with Crippen LogP contribution >= 0.6 is 0 Å². The van der Waals surface area contributed by atoms with Gasteiger partial charge in [0.1, 0.15) is 0 Å². The number of hydrogen-bond donors (Lipinski definition) is 1. The highest BCUT2D eigenvalue weighted by Gasteiger charge is 2.54. The van der Waals surface area contributed by atoms with E-state index < -0.39 is 5.97 Å². The zero-order chi connectivity index (χ0) is 29.7. The quantitative estimate of drug-likeness (QED) is 0.403. The molecule has 1 heterocycles. The molecular formula is C37H50N2O2. The molecule has 4 atom stereocenters. The molecule has 6 rings (SSSR count). The van der Waals surface area contributed by atoms with E-state index in [1.807, 2.05) is 12.1 Å². The number of fused-ring (bicyclic) bond motifs is 4. The van der Waals surface area contributed by atoms with Crippen molar-refractivity contribution in [2.45, 2.75) is 111 Å². The van der Waals surface area contributed by atoms with Crippen LogP contribution in [0.25, 0.3) is 0 Å². The molecule has 220 valence electrons. The van der Waals surface area contributed by atoms with Gasteiger partial charge in [0.05, 0.1) is 22.6 Å². The molecule has 4 nitrogen and oxygen atoms in total. The third-order valence-electron chi connectivity index (χ3n) is 12.2. The minimum Gasteiger partial charge on any atom is -0.478 e. The van der Waals surface area contributed by atoms with E-state index >= 15 is 0 Å². The second kappa shape index (κ2) is 9.19. The molecular weight excluding hydrogens is 504 g/mol. The third kappa shape index (κ3) is 4.55. The Kier molecular flexibility index (Phi) is 6.39. The summed E-state index contributed by atoms with van der Waals surface area (Å²) >= 11 is 0. The first-order valence-electron chi connectivity index (χ1n) is 15.9. The van der Waals surface area contributed by atoms with Crippen LogP contribution in [-0.4, -0.2) is 29.9 Å². The molecule has 2 aromatic rings. The average Bonchev–Trinajstić information content (AvgIpc) is 3.02. The Bertz CT molecular complexity index is 1410. The molecule has 1 aliphatic heterocycles. The number of carboxylic acid groups (broad SMARTS) is 1. The number of carboxylic acids is 1. The lowest BCUT2D eigenvalue weighted by Gasteiger charge is -2.58. The summed E-state index contributed by atoms with van der Waals surface area (Å²) in [6.07, 6.45) is 7.21. The van der Waals surface area contributed by atoms with Crippen LogP contribution in [0, 0.1) is 28.6 Å². The SMILES string of the molecule is CN1c2cc3c(cc2N=C(c2ccc(C(=O)O)cc2)C2CC4C(CC21)C(C)(C)CCC4(C)C)C(C)(C)CCC3(C)C. The van der Waals surface area contributed by atoms with E-state index in [0.717, 1.165) is 23.4 Å². The van der Waals surface area contributed by atoms with Gasteiger partial charge in [-0.3, -0.25) is 4.99 Å². The van der Waals surface area contributed by atoms with Gasteiger partial charge >= 0.3 is 5.97 Å². The zero-order valence-corrected chi connectivity index (χ0v) is 26.8. The van der Waals surface area contributed by atoms with E-state index in [0.29, 0.717) is 34.3 Å². The first-order chi connectivity index (χ1) is 19.0. The maximum Gasteiger partial charge on any atom is 0.335 e. The maximum absolute atomic E-state index is 11.7. The van der Waals surface area contributed by atoms with Crippen LogP contribution in [0.15, 0.2) is 41.4 Å². The Morgan fingerprint density at radius 1 is 0.805 bits per heavy atom. The first-order valence-corrected chi connectivity index (χ1v) is 15.9. The van der Waals surface area contributed by atoms with Gasteiger partial charge in [0.2, 0.25) is 0 Å². The number of carbonyl (C=O) groups is 1. The van der Waals surface area contributed by atoms with E-state index in [4.69, 9.17) is 4.99 Å². The van der Waals surface area contributed by atoms with E-state index in [9.17, 15) is 9.90 Å². The molecule has 0 amide bonds. The van der Waals surface area contributed by atoms with Crippen molar-refractivity contribution < 1.29 is 9.90 Å². The van der Waals surface area contributed by atoms with Crippen LogP contribution in [-0.2, 0) is 10.8 Å². The molecule has 4 unspecified atom stereocenters. The van der Waals surface area contributed by atoms with Gasteiger partial charge in [0, 0.05) is 19.0 Å². The second-order valence-corrected chi connectivity index (χ2v) is 16.5. The van der Waals surface area contributed by atoms with Crippen molar-refractivity contribution in [2.24, 2.45) is 33.6 Å². The fourth-order valence-corrected chi connectivity index (χ4v) is 9.06. The van der Waals surface area contributed by atoms with Gasteiger partial charge in [-0.05, 0) is 113 Å². The topological polar surface area (TPSA) is 52.9 Å². The molecule has 2 aromatic carbocycles. The molecule has 0 spiro atoms. The molecule has 0 bridgehead atoms. The Balaban J connectivity index is 1.56. The molecule has 2 saturated carbocycles. The normalized spacial score (nSPS) is 30.6. The summed E-state index contributed by atoms with van der Waals surface area (Å²) in [6, 6.07) is 12.7. The van der Waals surface area contributed by atoms with E-state index in [2.05, 4.69) is 79.5 Å². The van der Waals surface area contributed by atoms with Gasteiger partial charge in [0.25, 0.3) is 0 Å². The van der Waals surface area contributed by atoms with Gasteiger partial charge in [-0.15, -0.1) is 0 Å². The van der Waals surface area contributed by atoms with Gasteiger partial charge in [-0.2, -0.15) is 0 Å². The highest BCUT2D eigenvalue weighted by molar-refractivity contribution is 6.06. The summed E-state index contributed by atoms with van der Waals surface area (Å²) in [4.78, 5) is 19.9. The number of rotatable bonds is 2. The molecule has 41 heavy (non-hydrogen) atoms. The summed E-state index contributed by atoms with van der Waals surface area (Å²) in [5, 5.41) is 9.59. The summed E-state index contributed by atoms with van der Waals surface area (Å²) in [7, 11) is 2.32. The van der Waals surface area contributed by atoms with Crippen molar-refractivity contribution >= 4 is 23.1 Å². The molecule has 0 aromatic heterocycles. The smallest absolute Gasteiger partial charge is 0.335 e. The average molecular weight is 555 g/mol. The standard InChI is InChI=1S/C37H50N2O2/c1-34(2)14-16-36(5,6)27-20-30-24(18-25(27)34)32(22-10-12-23(13-11-22)33(40)41)38-29-19-26-28(21-31(29)39(30)9)37(7,8)17-15-35(26,3)4/h10-13,19,21,24-25,27,30H,14-18,20H2,1-9H3,(H,40,41). The van der Waals surface area contributed by atoms with Crippen molar-refractivity contribution in [1.82, 2.24) is 0 Å². The van der Waals surface area contributed by atoms with Crippen molar-refractivity contribution in [1.29, 1.82) is 0 Å². The summed E-state index contributed by atoms with van der Waals surface area (Å²) in [5.41, 5.74) is 8.65. The number of benzene rings is 2. The second-order valence-electron chi connectivity index (χ2n) is 16.5. The monoisotopic (exact) mass is 554 g/mol. The molecule has 4 aliphatic rings. The van der Waals surface area contributed by atoms with E-state index in [-0.39, 0.29) is 16.7 Å². The van der Waals surface area contributed by atoms with Crippen LogP contribution < -0.4 is 4.90 Å². The van der Waals surface area contributed by atoms with Crippen LogP contribution in [0.4, 0.5) is 11.4 Å². The molecule has 3 aliphatic carbocycles. The minimum atomic E-state index is -0.884. The van der Waals surface area contributed by atoms with Crippen LogP contribution in [0.1, 0.15) is 121 Å². The van der Waals surface area contributed by atoms with Gasteiger partial charge < -0.3 is 10.0 Å². The van der Waals surface area contributed by atoms with Crippen LogP contribution in [0.2, 0.25) is 0 Å².